The molecule has 3 unspecified atom stereocenters. The molecule has 3 N–H and O–H groups in total. The van der Waals surface area contributed by atoms with Crippen LogP contribution in [-0.2, 0) is 26.9 Å². The fourth-order valence-electron chi connectivity index (χ4n) is 6.65. The van der Waals surface area contributed by atoms with E-state index < -0.39 is 6.04 Å². The number of hydrogen-bond donors (Lipinski definition) is 2. The highest BCUT2D eigenvalue weighted by atomic mass is 16.7. The van der Waals surface area contributed by atoms with E-state index in [2.05, 4.69) is 38.2 Å². The molecule has 1 heterocycles. The number of carbonyl (C=O) groups is 1. The molecule has 2 aromatic carbocycles. The Morgan fingerprint density at radius 3 is 2.26 bits per heavy atom. The maximum atomic E-state index is 13.1. The molecular weight excluding hydrogens is 423 g/mol. The Morgan fingerprint density at radius 2 is 1.65 bits per heavy atom. The molecule has 180 valence electrons. The first-order valence-electron chi connectivity index (χ1n) is 12.7. The van der Waals surface area contributed by atoms with Crippen molar-refractivity contribution in [1.29, 1.82) is 0 Å². The van der Waals surface area contributed by atoms with E-state index in [9.17, 15) is 4.79 Å². The van der Waals surface area contributed by atoms with E-state index in [4.69, 9.17) is 15.0 Å². The molecule has 1 aliphatic heterocycles. The Balaban J connectivity index is 1.26. The van der Waals surface area contributed by atoms with Crippen LogP contribution in [0.4, 0.5) is 0 Å². The van der Waals surface area contributed by atoms with Crippen molar-refractivity contribution in [2.24, 2.45) is 23.0 Å². The highest BCUT2D eigenvalue weighted by Crippen LogP contribution is 2.65. The molecule has 0 radical (unpaired) electrons. The van der Waals surface area contributed by atoms with Crippen LogP contribution in [0.5, 0.6) is 0 Å². The quantitative estimate of drug-likeness (QED) is 0.584. The molecule has 1 saturated heterocycles. The fraction of sp³-hybridized carbons (Fsp3) is 0.536. The third-order valence-electron chi connectivity index (χ3n) is 8.79. The predicted molar refractivity (Wildman–Crippen MR) is 135 cm³/mol. The molecule has 0 aromatic heterocycles. The van der Waals surface area contributed by atoms with Crippen LogP contribution in [0.15, 0.2) is 60.7 Å². The summed E-state index contributed by atoms with van der Waals surface area (Å²) in [5, 5.41) is 3.22. The van der Waals surface area contributed by atoms with Crippen LogP contribution in [0.3, 0.4) is 0 Å². The normalized spacial score (nSPS) is 30.7. The lowest BCUT2D eigenvalue weighted by Gasteiger charge is -2.64. The smallest absolute Gasteiger partial charge is 0.405 e. The topological polar surface area (TPSA) is 73.6 Å². The fourth-order valence-corrected chi connectivity index (χ4v) is 6.65. The highest BCUT2D eigenvalue weighted by Gasteiger charge is 2.67. The average Bonchev–Trinajstić information content (AvgIpc) is 3.15. The highest BCUT2D eigenvalue weighted by molar-refractivity contribution is 6.45. The van der Waals surface area contributed by atoms with Gasteiger partial charge in [-0.2, -0.15) is 0 Å². The summed E-state index contributed by atoms with van der Waals surface area (Å²) in [4.78, 5) is 13.1. The third kappa shape index (κ3) is 4.44. The minimum atomic E-state index is -0.598. The van der Waals surface area contributed by atoms with Crippen molar-refractivity contribution in [3.05, 3.63) is 71.8 Å². The maximum absolute atomic E-state index is 13.1. The minimum absolute atomic E-state index is 0.117. The van der Waals surface area contributed by atoms with Crippen molar-refractivity contribution in [3.63, 3.8) is 0 Å². The van der Waals surface area contributed by atoms with Crippen LogP contribution in [0, 0.1) is 17.3 Å². The summed E-state index contributed by atoms with van der Waals surface area (Å²) in [5.41, 5.74) is 8.60. The van der Waals surface area contributed by atoms with Gasteiger partial charge in [0.25, 0.3) is 0 Å². The number of amides is 1. The van der Waals surface area contributed by atoms with Crippen LogP contribution in [0.2, 0.25) is 6.32 Å². The second-order valence-electron chi connectivity index (χ2n) is 11.3. The molecule has 4 aliphatic rings. The largest absolute Gasteiger partial charge is 0.459 e. The third-order valence-corrected chi connectivity index (χ3v) is 8.79. The lowest BCUT2D eigenvalue weighted by atomic mass is 9.43. The molecule has 6 rings (SSSR count). The molecule has 4 fully saturated rings. The number of benzene rings is 2. The van der Waals surface area contributed by atoms with E-state index >= 15 is 0 Å². The zero-order valence-electron chi connectivity index (χ0n) is 20.6. The van der Waals surface area contributed by atoms with Crippen LogP contribution >= 0.6 is 0 Å². The molecule has 0 spiro atoms. The molecule has 1 amide bonds. The van der Waals surface area contributed by atoms with Gasteiger partial charge in [-0.25, -0.2) is 0 Å². The molecule has 2 bridgehead atoms. The first-order valence-corrected chi connectivity index (χ1v) is 12.7. The van der Waals surface area contributed by atoms with Gasteiger partial charge in [0.05, 0.1) is 17.7 Å². The molecule has 6 heteroatoms. The summed E-state index contributed by atoms with van der Waals surface area (Å²) in [6, 6.07) is 19.5. The first kappa shape index (κ1) is 23.6. The van der Waals surface area contributed by atoms with Gasteiger partial charge < -0.3 is 20.4 Å². The summed E-state index contributed by atoms with van der Waals surface area (Å²) in [6.07, 6.45) is 4.28. The Kier molecular flexibility index (Phi) is 6.34. The van der Waals surface area contributed by atoms with Crippen LogP contribution in [0.1, 0.15) is 44.7 Å². The maximum Gasteiger partial charge on any atom is 0.459 e. The van der Waals surface area contributed by atoms with Gasteiger partial charge in [-0.1, -0.05) is 74.5 Å². The Hall–Kier alpha value is -2.15. The van der Waals surface area contributed by atoms with Gasteiger partial charge in [0.15, 0.2) is 0 Å². The van der Waals surface area contributed by atoms with Gasteiger partial charge in [-0.05, 0) is 61.0 Å². The van der Waals surface area contributed by atoms with Crippen LogP contribution < -0.4 is 11.1 Å². The zero-order valence-corrected chi connectivity index (χ0v) is 20.6. The van der Waals surface area contributed by atoms with Gasteiger partial charge in [-0.15, -0.1) is 0 Å². The van der Waals surface area contributed by atoms with Crippen LogP contribution in [-0.4, -0.2) is 36.8 Å². The van der Waals surface area contributed by atoms with E-state index in [0.717, 1.165) is 12.0 Å². The van der Waals surface area contributed by atoms with E-state index in [1.54, 1.807) is 0 Å². The van der Waals surface area contributed by atoms with Crippen molar-refractivity contribution in [2.75, 3.05) is 0 Å². The summed E-state index contributed by atoms with van der Waals surface area (Å²) < 4.78 is 13.1. The Bertz CT molecular complexity index is 1000. The molecular formula is C28H37BN2O3. The number of rotatable bonds is 8. The van der Waals surface area contributed by atoms with Gasteiger partial charge in [0.2, 0.25) is 5.91 Å². The Labute approximate surface area is 203 Å². The Morgan fingerprint density at radius 1 is 1.03 bits per heavy atom. The molecule has 6 atom stereocenters. The first-order chi connectivity index (χ1) is 16.3. The van der Waals surface area contributed by atoms with Gasteiger partial charge in [-0.3, -0.25) is 4.79 Å². The molecule has 3 saturated carbocycles. The number of hydrogen-bond acceptors (Lipinski definition) is 4. The van der Waals surface area contributed by atoms with Gasteiger partial charge in [0, 0.05) is 12.4 Å². The summed E-state index contributed by atoms with van der Waals surface area (Å²) in [5.74, 6) is 1.11. The second kappa shape index (κ2) is 9.14. The average molecular weight is 460 g/mol. The van der Waals surface area contributed by atoms with Crippen molar-refractivity contribution < 1.29 is 14.1 Å². The van der Waals surface area contributed by atoms with Crippen molar-refractivity contribution in [2.45, 2.75) is 76.6 Å². The van der Waals surface area contributed by atoms with Crippen molar-refractivity contribution >= 4 is 13.0 Å². The van der Waals surface area contributed by atoms with E-state index in [0.29, 0.717) is 36.4 Å². The van der Waals surface area contributed by atoms with E-state index in [1.807, 2.05) is 48.5 Å². The lowest BCUT2D eigenvalue weighted by Crippen LogP contribution is -2.65. The monoisotopic (exact) mass is 460 g/mol. The molecule has 2 aromatic rings. The number of nitrogens with two attached hydrogens (primary N) is 1. The second-order valence-corrected chi connectivity index (χ2v) is 11.3. The van der Waals surface area contributed by atoms with Crippen molar-refractivity contribution in [3.8, 4) is 0 Å². The standard InChI is InChI=1S/C28H37BN2O3/c1-27(2)21-16-24(27)28(3)25(17-21)33-29(34-28)18-22(14-19-10-6-4-7-11-19)31-26(32)23(30)15-20-12-8-5-9-13-20/h4-13,21-25H,14-18,30H2,1-3H3,(H,31,32)/t21?,22-,23+,24?,25?,28-/m1/s1. The van der Waals surface area contributed by atoms with Crippen molar-refractivity contribution in [1.82, 2.24) is 5.32 Å². The van der Waals surface area contributed by atoms with Crippen LogP contribution in [0.25, 0.3) is 0 Å². The zero-order chi connectivity index (χ0) is 23.9. The summed E-state index contributed by atoms with van der Waals surface area (Å²) in [6.45, 7) is 6.98. The SMILES string of the molecule is CC1(C)C2CC3OB(C[C@@H](Cc4ccccc4)NC(=O)[C@@H](N)Cc4ccccc4)O[C@]3(C)C1C2. The van der Waals surface area contributed by atoms with E-state index in [1.165, 1.54) is 12.0 Å². The van der Waals surface area contributed by atoms with Gasteiger partial charge in [0.1, 0.15) is 0 Å². The number of carbonyl (C=O) groups excluding carboxylic acids is 1. The lowest BCUT2D eigenvalue weighted by molar-refractivity contribution is -0.199. The van der Waals surface area contributed by atoms with E-state index in [-0.39, 0.29) is 30.8 Å². The minimum Gasteiger partial charge on any atom is -0.405 e. The molecule has 3 aliphatic carbocycles. The molecule has 5 nitrogen and oxygen atoms in total. The summed E-state index contributed by atoms with van der Waals surface area (Å²) in [7, 11) is -0.315. The predicted octanol–water partition coefficient (Wildman–Crippen LogP) is 4.01. The number of nitrogens with one attached hydrogen (secondary N) is 1. The van der Waals surface area contributed by atoms with Gasteiger partial charge >= 0.3 is 7.12 Å². The molecule has 34 heavy (non-hydrogen) atoms. The summed E-state index contributed by atoms with van der Waals surface area (Å²) >= 11 is 0.